The van der Waals surface area contributed by atoms with Crippen molar-refractivity contribution < 1.29 is 19.4 Å². The Morgan fingerprint density at radius 3 is 2.89 bits per heavy atom. The molecule has 1 aliphatic heterocycles. The van der Waals surface area contributed by atoms with Gasteiger partial charge in [0.1, 0.15) is 0 Å². The lowest BCUT2D eigenvalue weighted by atomic mass is 10.1. The Hall–Kier alpha value is -1.53. The number of carbonyl (C=O) groups excluding carboxylic acids is 2. The Morgan fingerprint density at radius 2 is 2.26 bits per heavy atom. The van der Waals surface area contributed by atoms with E-state index in [4.69, 9.17) is 5.11 Å². The molecule has 5 nitrogen and oxygen atoms in total. The summed E-state index contributed by atoms with van der Waals surface area (Å²) in [6.45, 7) is -0.469. The van der Waals surface area contributed by atoms with Crippen LogP contribution in [0.5, 0.6) is 0 Å². The minimum absolute atomic E-state index is 0.259. The molecule has 0 bridgehead atoms. The van der Waals surface area contributed by atoms with Crippen molar-refractivity contribution in [2.45, 2.75) is 22.6 Å². The molecule has 0 aliphatic carbocycles. The number of esters is 1. The second-order valence-corrected chi connectivity index (χ2v) is 5.43. The molecular weight excluding hydrogens is 266 g/mol. The van der Waals surface area contributed by atoms with Gasteiger partial charge >= 0.3 is 5.97 Å². The maximum atomic E-state index is 12.1. The first-order valence-corrected chi connectivity index (χ1v) is 6.77. The molecule has 2 unspecified atom stereocenters. The lowest BCUT2D eigenvalue weighted by Gasteiger charge is -2.16. The largest absolute Gasteiger partial charge is 0.467 e. The molecule has 102 valence electrons. The van der Waals surface area contributed by atoms with Gasteiger partial charge in [-0.15, -0.1) is 11.8 Å². The normalized spacial score (nSPS) is 18.5. The number of thioether (sulfide) groups is 1. The van der Waals surface area contributed by atoms with Gasteiger partial charge in [-0.3, -0.25) is 4.79 Å². The number of rotatable bonds is 4. The molecule has 0 saturated heterocycles. The maximum absolute atomic E-state index is 12.1. The fourth-order valence-electron chi connectivity index (χ4n) is 1.91. The highest BCUT2D eigenvalue weighted by Crippen LogP contribution is 2.36. The van der Waals surface area contributed by atoms with Gasteiger partial charge < -0.3 is 15.2 Å². The quantitative estimate of drug-likeness (QED) is 0.779. The van der Waals surface area contributed by atoms with E-state index in [1.807, 2.05) is 24.3 Å². The third-order valence-electron chi connectivity index (χ3n) is 2.92. The fourth-order valence-corrected chi connectivity index (χ4v) is 3.12. The summed E-state index contributed by atoms with van der Waals surface area (Å²) >= 11 is 1.47. The number of carbonyl (C=O) groups is 2. The van der Waals surface area contributed by atoms with Crippen LogP contribution in [0.25, 0.3) is 0 Å². The van der Waals surface area contributed by atoms with Gasteiger partial charge in [-0.1, -0.05) is 18.2 Å². The van der Waals surface area contributed by atoms with Crippen molar-refractivity contribution >= 4 is 23.6 Å². The van der Waals surface area contributed by atoms with Gasteiger partial charge in [0.15, 0.2) is 6.04 Å². The van der Waals surface area contributed by atoms with Crippen molar-refractivity contribution in [3.63, 3.8) is 0 Å². The van der Waals surface area contributed by atoms with Crippen molar-refractivity contribution in [3.8, 4) is 0 Å². The number of ether oxygens (including phenoxy) is 1. The Balaban J connectivity index is 1.97. The van der Waals surface area contributed by atoms with Crippen LogP contribution in [-0.4, -0.2) is 42.0 Å². The van der Waals surface area contributed by atoms with Crippen LogP contribution in [0, 0.1) is 0 Å². The molecule has 0 spiro atoms. The third kappa shape index (κ3) is 3.08. The van der Waals surface area contributed by atoms with Crippen molar-refractivity contribution in [2.75, 3.05) is 13.7 Å². The summed E-state index contributed by atoms with van der Waals surface area (Å²) in [7, 11) is 1.22. The minimum atomic E-state index is -0.998. The van der Waals surface area contributed by atoms with E-state index in [0.29, 0.717) is 6.42 Å². The Labute approximate surface area is 115 Å². The Morgan fingerprint density at radius 1 is 1.53 bits per heavy atom. The SMILES string of the molecule is COC(=O)C(CO)NC(=O)C1Cc2ccccc2S1. The van der Waals surface area contributed by atoms with Crippen LogP contribution in [0.2, 0.25) is 0 Å². The number of fused-ring (bicyclic) bond motifs is 1. The molecule has 0 radical (unpaired) electrons. The van der Waals surface area contributed by atoms with E-state index < -0.39 is 18.6 Å². The number of hydrogen-bond donors (Lipinski definition) is 2. The van der Waals surface area contributed by atoms with E-state index >= 15 is 0 Å². The number of aliphatic hydroxyl groups is 1. The molecule has 19 heavy (non-hydrogen) atoms. The minimum Gasteiger partial charge on any atom is -0.467 e. The monoisotopic (exact) mass is 281 g/mol. The second kappa shape index (κ2) is 6.08. The van der Waals surface area contributed by atoms with E-state index in [-0.39, 0.29) is 11.2 Å². The predicted molar refractivity (Wildman–Crippen MR) is 70.8 cm³/mol. The molecular formula is C13H15NO4S. The second-order valence-electron chi connectivity index (χ2n) is 4.19. The predicted octanol–water partition coefficient (Wildman–Crippen LogP) is 0.354. The molecule has 2 N–H and O–H groups in total. The Bertz CT molecular complexity index is 466. The first-order valence-electron chi connectivity index (χ1n) is 5.89. The van der Waals surface area contributed by atoms with E-state index in [1.165, 1.54) is 18.9 Å². The number of nitrogens with one attached hydrogen (secondary N) is 1. The molecule has 6 heteroatoms. The van der Waals surface area contributed by atoms with Crippen molar-refractivity contribution in [2.24, 2.45) is 0 Å². The number of benzene rings is 1. The van der Waals surface area contributed by atoms with Gasteiger partial charge in [-0.25, -0.2) is 4.79 Å². The number of amides is 1. The van der Waals surface area contributed by atoms with Gasteiger partial charge in [-0.2, -0.15) is 0 Å². The average Bonchev–Trinajstić information content (AvgIpc) is 2.87. The average molecular weight is 281 g/mol. The van der Waals surface area contributed by atoms with Crippen molar-refractivity contribution in [1.29, 1.82) is 0 Å². The summed E-state index contributed by atoms with van der Waals surface area (Å²) in [4.78, 5) is 24.4. The van der Waals surface area contributed by atoms with Crippen molar-refractivity contribution in [3.05, 3.63) is 29.8 Å². The third-order valence-corrected chi connectivity index (χ3v) is 4.24. The van der Waals surface area contributed by atoms with Crippen LogP contribution in [-0.2, 0) is 20.7 Å². The molecule has 1 aliphatic rings. The van der Waals surface area contributed by atoms with Gasteiger partial charge in [0.2, 0.25) is 5.91 Å². The lowest BCUT2D eigenvalue weighted by Crippen LogP contribution is -2.47. The molecule has 1 amide bonds. The first kappa shape index (κ1) is 13.9. The molecule has 2 atom stereocenters. The van der Waals surface area contributed by atoms with E-state index in [1.54, 1.807) is 0 Å². The first-order chi connectivity index (χ1) is 9.15. The van der Waals surface area contributed by atoms with Crippen LogP contribution in [0.3, 0.4) is 0 Å². The van der Waals surface area contributed by atoms with Gasteiger partial charge in [-0.05, 0) is 18.1 Å². The summed E-state index contributed by atoms with van der Waals surface area (Å²) in [6, 6.07) is 6.82. The van der Waals surface area contributed by atoms with Gasteiger partial charge in [0, 0.05) is 4.90 Å². The zero-order valence-electron chi connectivity index (χ0n) is 10.5. The number of hydrogen-bond acceptors (Lipinski definition) is 5. The van der Waals surface area contributed by atoms with Gasteiger partial charge in [0.05, 0.1) is 19.0 Å². The summed E-state index contributed by atoms with van der Waals surface area (Å²) in [6.07, 6.45) is 0.631. The number of methoxy groups -OCH3 is 1. The molecule has 1 aromatic rings. The number of aliphatic hydroxyl groups excluding tert-OH is 1. The summed E-state index contributed by atoms with van der Waals surface area (Å²) < 4.78 is 4.51. The standard InChI is InChI=1S/C13H15NO4S/c1-18-13(17)9(7-15)14-12(16)11-6-8-4-2-3-5-10(8)19-11/h2-5,9,11,15H,6-7H2,1H3,(H,14,16). The topological polar surface area (TPSA) is 75.6 Å². The van der Waals surface area contributed by atoms with Crippen LogP contribution in [0.15, 0.2) is 29.2 Å². The molecule has 0 fully saturated rings. The summed E-state index contributed by atoms with van der Waals surface area (Å²) in [5.41, 5.74) is 1.13. The maximum Gasteiger partial charge on any atom is 0.330 e. The lowest BCUT2D eigenvalue weighted by molar-refractivity contribution is -0.146. The van der Waals surface area contributed by atoms with Crippen LogP contribution in [0.4, 0.5) is 0 Å². The highest BCUT2D eigenvalue weighted by atomic mass is 32.2. The molecule has 0 saturated carbocycles. The molecule has 2 rings (SSSR count). The fraction of sp³-hybridized carbons (Fsp3) is 0.385. The van der Waals surface area contributed by atoms with Gasteiger partial charge in [0.25, 0.3) is 0 Å². The van der Waals surface area contributed by atoms with Crippen LogP contribution in [0.1, 0.15) is 5.56 Å². The smallest absolute Gasteiger partial charge is 0.330 e. The van der Waals surface area contributed by atoms with Crippen molar-refractivity contribution in [1.82, 2.24) is 5.32 Å². The van der Waals surface area contributed by atoms with E-state index in [0.717, 1.165) is 10.5 Å². The summed E-state index contributed by atoms with van der Waals surface area (Å²) in [5, 5.41) is 11.3. The van der Waals surface area contributed by atoms with E-state index in [2.05, 4.69) is 10.1 Å². The van der Waals surface area contributed by atoms with E-state index in [9.17, 15) is 9.59 Å². The highest BCUT2D eigenvalue weighted by molar-refractivity contribution is 8.01. The zero-order chi connectivity index (χ0) is 13.8. The molecule has 1 aromatic carbocycles. The summed E-state index contributed by atoms with van der Waals surface area (Å²) in [5.74, 6) is -0.901. The zero-order valence-corrected chi connectivity index (χ0v) is 11.3. The van der Waals surface area contributed by atoms with Crippen LogP contribution < -0.4 is 5.32 Å². The van der Waals surface area contributed by atoms with Crippen LogP contribution >= 0.6 is 11.8 Å². The Kier molecular flexibility index (Phi) is 4.44. The molecule has 0 aromatic heterocycles. The molecule has 1 heterocycles. The highest BCUT2D eigenvalue weighted by Gasteiger charge is 2.30.